The Kier molecular flexibility index (Phi) is 4.28. The topological polar surface area (TPSA) is 47.6 Å². The second kappa shape index (κ2) is 6.72. The second-order valence-electron chi connectivity index (χ2n) is 5.82. The van der Waals surface area contributed by atoms with E-state index in [0.717, 1.165) is 22.8 Å². The SMILES string of the molecule is COc1cccc(-n2ccc([C@@H]3SCC(=O)N3Cc3ccco3)c2)c1. The first-order valence-electron chi connectivity index (χ1n) is 8.00. The number of hydrogen-bond donors (Lipinski definition) is 0. The van der Waals surface area contributed by atoms with Crippen LogP contribution < -0.4 is 4.74 Å². The van der Waals surface area contributed by atoms with Crippen LogP contribution in [0.5, 0.6) is 5.75 Å². The van der Waals surface area contributed by atoms with Crippen molar-refractivity contribution in [2.75, 3.05) is 12.9 Å². The highest BCUT2D eigenvalue weighted by atomic mass is 32.2. The molecule has 3 aromatic rings. The van der Waals surface area contributed by atoms with Crippen molar-refractivity contribution in [3.8, 4) is 11.4 Å². The Morgan fingerprint density at radius 2 is 2.20 bits per heavy atom. The van der Waals surface area contributed by atoms with E-state index in [1.54, 1.807) is 25.1 Å². The van der Waals surface area contributed by atoms with Crippen molar-refractivity contribution >= 4 is 17.7 Å². The Hall–Kier alpha value is -2.60. The summed E-state index contributed by atoms with van der Waals surface area (Å²) in [5, 5.41) is 0.00413. The molecule has 1 aromatic carbocycles. The van der Waals surface area contributed by atoms with E-state index >= 15 is 0 Å². The number of furan rings is 1. The average molecular weight is 354 g/mol. The third kappa shape index (κ3) is 3.17. The molecule has 2 aromatic heterocycles. The highest BCUT2D eigenvalue weighted by Gasteiger charge is 2.33. The van der Waals surface area contributed by atoms with Crippen LogP contribution >= 0.6 is 11.8 Å². The van der Waals surface area contributed by atoms with Crippen molar-refractivity contribution in [1.29, 1.82) is 0 Å². The lowest BCUT2D eigenvalue weighted by Crippen LogP contribution is -2.27. The lowest BCUT2D eigenvalue weighted by atomic mass is 10.3. The molecule has 4 rings (SSSR count). The van der Waals surface area contributed by atoms with Gasteiger partial charge in [0.1, 0.15) is 16.9 Å². The van der Waals surface area contributed by atoms with Gasteiger partial charge in [0.2, 0.25) is 5.91 Å². The molecular weight excluding hydrogens is 336 g/mol. The number of aromatic nitrogens is 1. The number of thioether (sulfide) groups is 1. The zero-order valence-corrected chi connectivity index (χ0v) is 14.6. The minimum Gasteiger partial charge on any atom is -0.497 e. The van der Waals surface area contributed by atoms with Crippen LogP contribution in [0.15, 0.2) is 65.5 Å². The number of hydrogen-bond acceptors (Lipinski definition) is 4. The smallest absolute Gasteiger partial charge is 0.234 e. The molecule has 1 atom stereocenters. The molecule has 128 valence electrons. The van der Waals surface area contributed by atoms with Gasteiger partial charge in [0.05, 0.1) is 25.7 Å². The average Bonchev–Trinajstić information content (AvgIpc) is 3.38. The quantitative estimate of drug-likeness (QED) is 0.698. The molecule has 0 unspecified atom stereocenters. The van der Waals surface area contributed by atoms with Gasteiger partial charge in [-0.25, -0.2) is 0 Å². The maximum atomic E-state index is 12.3. The standard InChI is InChI=1S/C19H18N2O3S/c1-23-16-5-2-4-15(10-16)20-8-7-14(11-20)19-21(18(22)13-25-19)12-17-6-3-9-24-17/h2-11,19H,12-13H2,1H3/t19-/m0/s1. The summed E-state index contributed by atoms with van der Waals surface area (Å²) in [6, 6.07) is 13.7. The van der Waals surface area contributed by atoms with E-state index in [1.807, 2.05) is 52.1 Å². The van der Waals surface area contributed by atoms with Crippen LogP contribution in [0.3, 0.4) is 0 Å². The van der Waals surface area contributed by atoms with Crippen LogP contribution in [-0.2, 0) is 11.3 Å². The minimum absolute atomic E-state index is 0.00413. The normalized spacial score (nSPS) is 17.2. The predicted molar refractivity (Wildman–Crippen MR) is 96.8 cm³/mol. The lowest BCUT2D eigenvalue weighted by Gasteiger charge is -2.22. The Morgan fingerprint density at radius 3 is 3.00 bits per heavy atom. The summed E-state index contributed by atoms with van der Waals surface area (Å²) in [6.45, 7) is 0.494. The number of rotatable bonds is 5. The van der Waals surface area contributed by atoms with Gasteiger partial charge in [-0.15, -0.1) is 11.8 Å². The van der Waals surface area contributed by atoms with E-state index in [0.29, 0.717) is 12.3 Å². The maximum Gasteiger partial charge on any atom is 0.234 e. The molecule has 0 N–H and O–H groups in total. The highest BCUT2D eigenvalue weighted by Crippen LogP contribution is 2.40. The van der Waals surface area contributed by atoms with E-state index in [9.17, 15) is 4.79 Å². The number of carbonyl (C=O) groups excluding carboxylic acids is 1. The van der Waals surface area contributed by atoms with Crippen LogP contribution in [0.1, 0.15) is 16.7 Å². The zero-order valence-electron chi connectivity index (χ0n) is 13.8. The highest BCUT2D eigenvalue weighted by molar-refractivity contribution is 8.00. The van der Waals surface area contributed by atoms with Gasteiger partial charge in [-0.3, -0.25) is 4.79 Å². The first kappa shape index (κ1) is 15.9. The molecule has 0 radical (unpaired) electrons. The number of methoxy groups -OCH3 is 1. The Balaban J connectivity index is 1.59. The van der Waals surface area contributed by atoms with Crippen LogP contribution in [0.25, 0.3) is 5.69 Å². The molecule has 1 saturated heterocycles. The van der Waals surface area contributed by atoms with Crippen molar-refractivity contribution in [3.05, 3.63) is 72.4 Å². The van der Waals surface area contributed by atoms with Crippen LogP contribution in [0, 0.1) is 0 Å². The van der Waals surface area contributed by atoms with Crippen molar-refractivity contribution in [2.45, 2.75) is 11.9 Å². The zero-order chi connectivity index (χ0) is 17.2. The van der Waals surface area contributed by atoms with E-state index in [4.69, 9.17) is 9.15 Å². The summed E-state index contributed by atoms with van der Waals surface area (Å²) < 4.78 is 12.7. The van der Waals surface area contributed by atoms with E-state index in [-0.39, 0.29) is 11.3 Å². The molecule has 0 spiro atoms. The fraction of sp³-hybridized carbons (Fsp3) is 0.211. The molecule has 1 aliphatic heterocycles. The van der Waals surface area contributed by atoms with Crippen molar-refractivity contribution < 1.29 is 13.9 Å². The van der Waals surface area contributed by atoms with Gasteiger partial charge in [0.25, 0.3) is 0 Å². The minimum atomic E-state index is 0.00413. The number of amides is 1. The Bertz CT molecular complexity index is 872. The molecule has 25 heavy (non-hydrogen) atoms. The van der Waals surface area contributed by atoms with Crippen LogP contribution in [0.2, 0.25) is 0 Å². The van der Waals surface area contributed by atoms with Gasteiger partial charge in [0.15, 0.2) is 0 Å². The molecule has 1 fully saturated rings. The number of nitrogens with zero attached hydrogens (tertiary/aromatic N) is 2. The Morgan fingerprint density at radius 1 is 1.28 bits per heavy atom. The van der Waals surface area contributed by atoms with Gasteiger partial charge >= 0.3 is 0 Å². The fourth-order valence-corrected chi connectivity index (χ4v) is 4.13. The molecule has 3 heterocycles. The first-order chi connectivity index (χ1) is 12.2. The number of ether oxygens (including phenoxy) is 1. The summed E-state index contributed by atoms with van der Waals surface area (Å²) in [5.74, 6) is 2.25. The predicted octanol–water partition coefficient (Wildman–Crippen LogP) is 3.85. The fourth-order valence-electron chi connectivity index (χ4n) is 2.96. The summed E-state index contributed by atoms with van der Waals surface area (Å²) in [6.07, 6.45) is 5.72. The van der Waals surface area contributed by atoms with E-state index in [1.165, 1.54) is 0 Å². The van der Waals surface area contributed by atoms with Crippen molar-refractivity contribution in [2.24, 2.45) is 0 Å². The van der Waals surface area contributed by atoms with Gasteiger partial charge in [-0.2, -0.15) is 0 Å². The number of benzene rings is 1. The maximum absolute atomic E-state index is 12.3. The molecule has 0 bridgehead atoms. The summed E-state index contributed by atoms with van der Waals surface area (Å²) in [4.78, 5) is 14.2. The molecular formula is C19H18N2O3S. The van der Waals surface area contributed by atoms with Gasteiger partial charge in [-0.05, 0) is 30.3 Å². The monoisotopic (exact) mass is 354 g/mol. The molecule has 1 amide bonds. The largest absolute Gasteiger partial charge is 0.497 e. The van der Waals surface area contributed by atoms with Crippen LogP contribution in [0.4, 0.5) is 0 Å². The number of carbonyl (C=O) groups is 1. The van der Waals surface area contributed by atoms with Gasteiger partial charge in [-0.1, -0.05) is 6.07 Å². The Labute approximate surface area is 150 Å². The molecule has 0 aliphatic carbocycles. The third-order valence-electron chi connectivity index (χ3n) is 4.23. The van der Waals surface area contributed by atoms with Gasteiger partial charge < -0.3 is 18.6 Å². The summed E-state index contributed by atoms with van der Waals surface area (Å²) in [5.41, 5.74) is 2.13. The third-order valence-corrected chi connectivity index (χ3v) is 5.48. The van der Waals surface area contributed by atoms with E-state index < -0.39 is 0 Å². The molecule has 1 aliphatic rings. The van der Waals surface area contributed by atoms with Gasteiger partial charge in [0, 0.05) is 29.7 Å². The van der Waals surface area contributed by atoms with Crippen molar-refractivity contribution in [1.82, 2.24) is 9.47 Å². The first-order valence-corrected chi connectivity index (χ1v) is 9.05. The lowest BCUT2D eigenvalue weighted by molar-refractivity contribution is -0.128. The molecule has 5 nitrogen and oxygen atoms in total. The molecule has 0 saturated carbocycles. The summed E-state index contributed by atoms with van der Waals surface area (Å²) in [7, 11) is 1.66. The van der Waals surface area contributed by atoms with Crippen LogP contribution in [-0.4, -0.2) is 28.2 Å². The van der Waals surface area contributed by atoms with Crippen molar-refractivity contribution in [3.63, 3.8) is 0 Å². The van der Waals surface area contributed by atoms with E-state index in [2.05, 4.69) is 12.3 Å². The molecule has 6 heteroatoms. The summed E-state index contributed by atoms with van der Waals surface area (Å²) >= 11 is 1.65. The second-order valence-corrected chi connectivity index (χ2v) is 6.89.